The van der Waals surface area contributed by atoms with E-state index in [0.29, 0.717) is 11.5 Å². The summed E-state index contributed by atoms with van der Waals surface area (Å²) in [6.07, 6.45) is 3.68. The monoisotopic (exact) mass is 222 g/mol. The average molecular weight is 222 g/mol. The highest BCUT2D eigenvalue weighted by atomic mass is 19.1. The van der Waals surface area contributed by atoms with Crippen LogP contribution in [0.3, 0.4) is 0 Å². The molecule has 4 heteroatoms. The van der Waals surface area contributed by atoms with Crippen LogP contribution in [0, 0.1) is 11.9 Å². The maximum atomic E-state index is 12.6. The fraction of sp³-hybridized carbons (Fsp3) is 0.500. The first kappa shape index (κ1) is 11.0. The zero-order valence-corrected chi connectivity index (χ0v) is 9.48. The number of pyridine rings is 1. The Kier molecular flexibility index (Phi) is 2.90. The molecule has 0 saturated heterocycles. The molecule has 0 bridgehead atoms. The third-order valence-electron chi connectivity index (χ3n) is 3.21. The van der Waals surface area contributed by atoms with Crippen LogP contribution in [0.1, 0.15) is 30.1 Å². The molecular weight excluding hydrogens is 207 g/mol. The van der Waals surface area contributed by atoms with Crippen LogP contribution in [0.25, 0.3) is 0 Å². The van der Waals surface area contributed by atoms with Crippen LogP contribution in [0.15, 0.2) is 18.3 Å². The predicted octanol–water partition coefficient (Wildman–Crippen LogP) is 2.09. The number of aromatic nitrogens is 1. The molecule has 1 aromatic rings. The molecule has 16 heavy (non-hydrogen) atoms. The predicted molar refractivity (Wildman–Crippen MR) is 58.5 cm³/mol. The van der Waals surface area contributed by atoms with Crippen molar-refractivity contribution in [2.24, 2.45) is 5.92 Å². The van der Waals surface area contributed by atoms with Gasteiger partial charge in [-0.2, -0.15) is 4.39 Å². The molecule has 0 N–H and O–H groups in total. The van der Waals surface area contributed by atoms with Crippen LogP contribution in [0.4, 0.5) is 4.39 Å². The van der Waals surface area contributed by atoms with Crippen molar-refractivity contribution in [3.05, 3.63) is 29.8 Å². The van der Waals surface area contributed by atoms with Gasteiger partial charge in [-0.1, -0.05) is 0 Å². The van der Waals surface area contributed by atoms with Gasteiger partial charge < -0.3 is 4.90 Å². The van der Waals surface area contributed by atoms with Crippen LogP contribution in [-0.4, -0.2) is 28.9 Å². The molecule has 1 heterocycles. The summed E-state index contributed by atoms with van der Waals surface area (Å²) in [4.78, 5) is 17.2. The minimum absolute atomic E-state index is 0.0908. The van der Waals surface area contributed by atoms with Gasteiger partial charge in [0, 0.05) is 19.3 Å². The van der Waals surface area contributed by atoms with E-state index >= 15 is 0 Å². The Bertz CT molecular complexity index is 387. The fourth-order valence-electron chi connectivity index (χ4n) is 1.79. The summed E-state index contributed by atoms with van der Waals surface area (Å²) in [5, 5.41) is 0. The second kappa shape index (κ2) is 4.20. The number of nitrogens with zero attached hydrogens (tertiary/aromatic N) is 2. The second-order valence-corrected chi connectivity index (χ2v) is 4.36. The average Bonchev–Trinajstić information content (AvgIpc) is 3.11. The van der Waals surface area contributed by atoms with E-state index in [0.717, 1.165) is 0 Å². The largest absolute Gasteiger partial charge is 0.339 e. The number of carbonyl (C=O) groups excluding carboxylic acids is 1. The number of amides is 1. The maximum absolute atomic E-state index is 12.6. The van der Waals surface area contributed by atoms with Crippen molar-refractivity contribution in [3.8, 4) is 0 Å². The van der Waals surface area contributed by atoms with Gasteiger partial charge in [0.2, 0.25) is 5.95 Å². The van der Waals surface area contributed by atoms with E-state index in [1.54, 1.807) is 11.9 Å². The molecule has 0 radical (unpaired) electrons. The number of hydrogen-bond donors (Lipinski definition) is 0. The Morgan fingerprint density at radius 3 is 2.75 bits per heavy atom. The molecule has 1 saturated carbocycles. The molecule has 1 atom stereocenters. The molecule has 2 rings (SSSR count). The van der Waals surface area contributed by atoms with Crippen LogP contribution in [0.2, 0.25) is 0 Å². The molecule has 1 amide bonds. The lowest BCUT2D eigenvalue weighted by Crippen LogP contribution is -2.36. The molecule has 0 aliphatic heterocycles. The van der Waals surface area contributed by atoms with E-state index in [9.17, 15) is 9.18 Å². The highest BCUT2D eigenvalue weighted by Crippen LogP contribution is 2.34. The molecule has 3 nitrogen and oxygen atoms in total. The van der Waals surface area contributed by atoms with E-state index in [2.05, 4.69) is 4.98 Å². The molecule has 1 aliphatic rings. The summed E-state index contributed by atoms with van der Waals surface area (Å²) in [6.45, 7) is 2.05. The van der Waals surface area contributed by atoms with E-state index in [1.165, 1.54) is 31.2 Å². The first-order chi connectivity index (χ1) is 7.59. The lowest BCUT2D eigenvalue weighted by Gasteiger charge is -2.24. The summed E-state index contributed by atoms with van der Waals surface area (Å²) in [6, 6.07) is 2.93. The standard InChI is InChI=1S/C12H15FN2O/c1-8(9-3-4-9)15(2)12(16)10-5-6-11(13)14-7-10/h5-9H,3-4H2,1-2H3. The summed E-state index contributed by atoms with van der Waals surface area (Å²) in [5.74, 6) is -0.0244. The molecule has 0 aromatic carbocycles. The van der Waals surface area contributed by atoms with Crippen LogP contribution >= 0.6 is 0 Å². The molecule has 1 aromatic heterocycles. The number of halogens is 1. The molecule has 1 unspecified atom stereocenters. The Morgan fingerprint density at radius 1 is 1.56 bits per heavy atom. The third kappa shape index (κ3) is 2.21. The van der Waals surface area contributed by atoms with Crippen molar-refractivity contribution in [2.45, 2.75) is 25.8 Å². The van der Waals surface area contributed by atoms with Gasteiger partial charge in [0.25, 0.3) is 5.91 Å². The highest BCUT2D eigenvalue weighted by Gasteiger charge is 2.32. The minimum atomic E-state index is -0.561. The number of carbonyl (C=O) groups is 1. The molecule has 86 valence electrons. The first-order valence-electron chi connectivity index (χ1n) is 5.48. The Labute approximate surface area is 94.3 Å². The van der Waals surface area contributed by atoms with Gasteiger partial charge >= 0.3 is 0 Å². The zero-order valence-electron chi connectivity index (χ0n) is 9.48. The summed E-state index contributed by atoms with van der Waals surface area (Å²) in [7, 11) is 1.79. The second-order valence-electron chi connectivity index (χ2n) is 4.36. The van der Waals surface area contributed by atoms with Gasteiger partial charge in [-0.3, -0.25) is 4.79 Å². The normalized spacial score (nSPS) is 16.9. The van der Waals surface area contributed by atoms with E-state index < -0.39 is 5.95 Å². The van der Waals surface area contributed by atoms with E-state index in [-0.39, 0.29) is 11.9 Å². The molecule has 0 spiro atoms. The van der Waals surface area contributed by atoms with Crippen molar-refractivity contribution in [1.82, 2.24) is 9.88 Å². The minimum Gasteiger partial charge on any atom is -0.339 e. The first-order valence-corrected chi connectivity index (χ1v) is 5.48. The number of hydrogen-bond acceptors (Lipinski definition) is 2. The van der Waals surface area contributed by atoms with Crippen molar-refractivity contribution in [3.63, 3.8) is 0 Å². The Morgan fingerprint density at radius 2 is 2.25 bits per heavy atom. The maximum Gasteiger partial charge on any atom is 0.255 e. The highest BCUT2D eigenvalue weighted by molar-refractivity contribution is 5.93. The Hall–Kier alpha value is -1.45. The van der Waals surface area contributed by atoms with Gasteiger partial charge in [0.15, 0.2) is 0 Å². The lowest BCUT2D eigenvalue weighted by molar-refractivity contribution is 0.0727. The fourth-order valence-corrected chi connectivity index (χ4v) is 1.79. The smallest absolute Gasteiger partial charge is 0.255 e. The molecule has 1 fully saturated rings. The Balaban J connectivity index is 2.08. The third-order valence-corrected chi connectivity index (χ3v) is 3.21. The van der Waals surface area contributed by atoms with Crippen molar-refractivity contribution in [1.29, 1.82) is 0 Å². The van der Waals surface area contributed by atoms with Gasteiger partial charge in [-0.15, -0.1) is 0 Å². The van der Waals surface area contributed by atoms with Gasteiger partial charge in [0.1, 0.15) is 0 Å². The van der Waals surface area contributed by atoms with Crippen molar-refractivity contribution in [2.75, 3.05) is 7.05 Å². The van der Waals surface area contributed by atoms with Crippen molar-refractivity contribution >= 4 is 5.91 Å². The molecule has 1 aliphatic carbocycles. The topological polar surface area (TPSA) is 33.2 Å². The summed E-state index contributed by atoms with van der Waals surface area (Å²) < 4.78 is 12.6. The number of rotatable bonds is 3. The quantitative estimate of drug-likeness (QED) is 0.734. The van der Waals surface area contributed by atoms with Crippen LogP contribution in [-0.2, 0) is 0 Å². The van der Waals surface area contributed by atoms with E-state index in [4.69, 9.17) is 0 Å². The van der Waals surface area contributed by atoms with Crippen LogP contribution in [0.5, 0.6) is 0 Å². The lowest BCUT2D eigenvalue weighted by atomic mass is 10.1. The summed E-state index contributed by atoms with van der Waals surface area (Å²) in [5.41, 5.74) is 0.441. The summed E-state index contributed by atoms with van der Waals surface area (Å²) >= 11 is 0. The van der Waals surface area contributed by atoms with Crippen molar-refractivity contribution < 1.29 is 9.18 Å². The van der Waals surface area contributed by atoms with Gasteiger partial charge in [0.05, 0.1) is 5.56 Å². The van der Waals surface area contributed by atoms with Gasteiger partial charge in [-0.05, 0) is 37.8 Å². The van der Waals surface area contributed by atoms with E-state index in [1.807, 2.05) is 6.92 Å². The van der Waals surface area contributed by atoms with Gasteiger partial charge in [-0.25, -0.2) is 4.98 Å². The zero-order chi connectivity index (χ0) is 11.7. The SMILES string of the molecule is CC(C1CC1)N(C)C(=O)c1ccc(F)nc1. The van der Waals surface area contributed by atoms with Crippen LogP contribution < -0.4 is 0 Å². The molecular formula is C12H15FN2O.